The van der Waals surface area contributed by atoms with Crippen molar-refractivity contribution in [2.45, 2.75) is 25.9 Å². The molecule has 2 N–H and O–H groups in total. The van der Waals surface area contributed by atoms with Crippen molar-refractivity contribution in [3.05, 3.63) is 45.4 Å². The summed E-state index contributed by atoms with van der Waals surface area (Å²) in [5.41, 5.74) is 1.51. The van der Waals surface area contributed by atoms with Crippen LogP contribution in [0.4, 0.5) is 17.2 Å². The Hall–Kier alpha value is -1.86. The highest BCUT2D eigenvalue weighted by Crippen LogP contribution is 2.22. The van der Waals surface area contributed by atoms with Crippen molar-refractivity contribution in [3.63, 3.8) is 0 Å². The van der Waals surface area contributed by atoms with Crippen molar-refractivity contribution in [1.29, 1.82) is 0 Å². The molecule has 2 aromatic rings. The number of piperazine rings is 1. The minimum absolute atomic E-state index is 0.0892. The molecule has 0 radical (unpaired) electrons. The van der Waals surface area contributed by atoms with Crippen molar-refractivity contribution in [3.8, 4) is 0 Å². The lowest BCUT2D eigenvalue weighted by molar-refractivity contribution is 0.425. The van der Waals surface area contributed by atoms with Gasteiger partial charge in [0.2, 0.25) is 0 Å². The van der Waals surface area contributed by atoms with Crippen molar-refractivity contribution in [1.82, 2.24) is 14.9 Å². The van der Waals surface area contributed by atoms with Crippen molar-refractivity contribution in [2.24, 2.45) is 7.05 Å². The second-order valence-electron chi connectivity index (χ2n) is 6.33. The predicted molar refractivity (Wildman–Crippen MR) is 101 cm³/mol. The van der Waals surface area contributed by atoms with Gasteiger partial charge in [0.1, 0.15) is 11.5 Å². The summed E-state index contributed by atoms with van der Waals surface area (Å²) in [7, 11) is 1.72. The van der Waals surface area contributed by atoms with Crippen LogP contribution in [0.15, 0.2) is 39.9 Å². The van der Waals surface area contributed by atoms with Gasteiger partial charge in [-0.05, 0) is 48.0 Å². The average molecular weight is 392 g/mol. The molecule has 0 bridgehead atoms. The summed E-state index contributed by atoms with van der Waals surface area (Å²) in [6.45, 7) is 6.32. The Bertz CT molecular complexity index is 774. The zero-order valence-electron chi connectivity index (χ0n) is 14.1. The number of nitrogens with one attached hydrogen (secondary N) is 2. The first-order valence-electron chi connectivity index (χ1n) is 8.03. The highest BCUT2D eigenvalue weighted by Gasteiger charge is 2.22. The number of rotatable bonds is 3. The lowest BCUT2D eigenvalue weighted by Crippen LogP contribution is -2.54. The van der Waals surface area contributed by atoms with Gasteiger partial charge in [0.05, 0.1) is 11.9 Å². The Kier molecular flexibility index (Phi) is 4.91. The van der Waals surface area contributed by atoms with E-state index in [4.69, 9.17) is 0 Å². The Balaban J connectivity index is 1.79. The summed E-state index contributed by atoms with van der Waals surface area (Å²) in [6, 6.07) is 6.61. The fourth-order valence-corrected chi connectivity index (χ4v) is 3.45. The van der Waals surface area contributed by atoms with E-state index in [0.29, 0.717) is 23.6 Å². The number of hydrogen-bond donors (Lipinski definition) is 2. The number of aromatic nitrogens is 2. The molecule has 0 spiro atoms. The topological polar surface area (TPSA) is 62.2 Å². The molecule has 0 aliphatic carbocycles. The van der Waals surface area contributed by atoms with Gasteiger partial charge in [0, 0.05) is 42.9 Å². The molecule has 3 rings (SSSR count). The number of aryl methyl sites for hydroxylation is 1. The second kappa shape index (κ2) is 6.94. The molecule has 2 atom stereocenters. The van der Waals surface area contributed by atoms with Crippen LogP contribution < -0.4 is 21.1 Å². The summed E-state index contributed by atoms with van der Waals surface area (Å²) < 4.78 is 2.37. The molecule has 1 fully saturated rings. The maximum absolute atomic E-state index is 12.2. The standard InChI is InChI=1S/C17H22BrN5O/c1-11-9-23(12(2)7-19-11)14-4-5-16(20-8-14)21-15-6-13(18)10-22(3)17(15)24/h4-6,8,10-12,19H,7,9H2,1-3H3,(H,20,21)/t11-,12+/m1/s1. The van der Waals surface area contributed by atoms with Gasteiger partial charge in [-0.2, -0.15) is 0 Å². The first-order chi connectivity index (χ1) is 11.4. The monoisotopic (exact) mass is 391 g/mol. The maximum Gasteiger partial charge on any atom is 0.274 e. The van der Waals surface area contributed by atoms with Crippen LogP contribution in [0.2, 0.25) is 0 Å². The summed E-state index contributed by atoms with van der Waals surface area (Å²) in [4.78, 5) is 19.0. The summed E-state index contributed by atoms with van der Waals surface area (Å²) in [5.74, 6) is 0.657. The van der Waals surface area contributed by atoms with Crippen LogP contribution in [-0.2, 0) is 7.05 Å². The van der Waals surface area contributed by atoms with E-state index in [1.165, 1.54) is 4.57 Å². The van der Waals surface area contributed by atoms with Gasteiger partial charge < -0.3 is 20.1 Å². The first-order valence-corrected chi connectivity index (χ1v) is 8.82. The highest BCUT2D eigenvalue weighted by atomic mass is 79.9. The van der Waals surface area contributed by atoms with Crippen LogP contribution >= 0.6 is 15.9 Å². The summed E-state index contributed by atoms with van der Waals surface area (Å²) >= 11 is 3.40. The zero-order chi connectivity index (χ0) is 17.3. The molecule has 6 nitrogen and oxygen atoms in total. The third-order valence-electron chi connectivity index (χ3n) is 4.26. The minimum atomic E-state index is -0.0892. The second-order valence-corrected chi connectivity index (χ2v) is 7.24. The fraction of sp³-hybridized carbons (Fsp3) is 0.412. The van der Waals surface area contributed by atoms with E-state index in [1.54, 1.807) is 19.3 Å². The molecular formula is C17H22BrN5O. The Labute approximate surface area is 150 Å². The molecule has 0 saturated carbocycles. The van der Waals surface area contributed by atoms with Gasteiger partial charge in [-0.15, -0.1) is 0 Å². The number of pyridine rings is 2. The van der Waals surface area contributed by atoms with E-state index in [2.05, 4.69) is 50.3 Å². The third kappa shape index (κ3) is 3.62. The quantitative estimate of drug-likeness (QED) is 0.841. The van der Waals surface area contributed by atoms with Gasteiger partial charge in [0.15, 0.2) is 0 Å². The number of halogens is 1. The molecule has 0 amide bonds. The number of hydrogen-bond acceptors (Lipinski definition) is 5. The first kappa shape index (κ1) is 17.0. The molecule has 1 aliphatic rings. The van der Waals surface area contributed by atoms with E-state index < -0.39 is 0 Å². The molecule has 7 heteroatoms. The molecule has 1 saturated heterocycles. The van der Waals surface area contributed by atoms with Gasteiger partial charge >= 0.3 is 0 Å². The smallest absolute Gasteiger partial charge is 0.274 e. The molecule has 0 unspecified atom stereocenters. The SMILES string of the molecule is C[C@@H]1CN(c2ccc(Nc3cc(Br)cn(C)c3=O)nc2)[C@@H](C)CN1. The molecular weight excluding hydrogens is 370 g/mol. The van der Waals surface area contributed by atoms with E-state index in [1.807, 2.05) is 18.3 Å². The maximum atomic E-state index is 12.2. The van der Waals surface area contributed by atoms with Gasteiger partial charge in [-0.3, -0.25) is 4.79 Å². The lowest BCUT2D eigenvalue weighted by atomic mass is 10.1. The Morgan fingerprint density at radius 1 is 1.38 bits per heavy atom. The van der Waals surface area contributed by atoms with Crippen molar-refractivity contribution >= 4 is 33.1 Å². The summed E-state index contributed by atoms with van der Waals surface area (Å²) in [6.07, 6.45) is 3.59. The van der Waals surface area contributed by atoms with E-state index in [9.17, 15) is 4.79 Å². The number of anilines is 3. The fourth-order valence-electron chi connectivity index (χ4n) is 2.91. The molecule has 2 aromatic heterocycles. The van der Waals surface area contributed by atoms with Crippen molar-refractivity contribution < 1.29 is 0 Å². The molecule has 0 aromatic carbocycles. The predicted octanol–water partition coefficient (Wildman–Crippen LogP) is 2.47. The highest BCUT2D eigenvalue weighted by molar-refractivity contribution is 9.10. The van der Waals surface area contributed by atoms with E-state index in [0.717, 1.165) is 23.2 Å². The van der Waals surface area contributed by atoms with Gasteiger partial charge in [-0.25, -0.2) is 4.98 Å². The van der Waals surface area contributed by atoms with Crippen LogP contribution in [0.3, 0.4) is 0 Å². The van der Waals surface area contributed by atoms with E-state index in [-0.39, 0.29) is 5.56 Å². The van der Waals surface area contributed by atoms with Crippen LogP contribution in [0.5, 0.6) is 0 Å². The lowest BCUT2D eigenvalue weighted by Gasteiger charge is -2.39. The van der Waals surface area contributed by atoms with Crippen LogP contribution in [-0.4, -0.2) is 34.7 Å². The minimum Gasteiger partial charge on any atom is -0.365 e. The largest absolute Gasteiger partial charge is 0.365 e. The number of nitrogens with zero attached hydrogens (tertiary/aromatic N) is 3. The average Bonchev–Trinajstić information content (AvgIpc) is 2.55. The van der Waals surface area contributed by atoms with Gasteiger partial charge in [0.25, 0.3) is 5.56 Å². The molecule has 24 heavy (non-hydrogen) atoms. The molecule has 1 aliphatic heterocycles. The summed E-state index contributed by atoms with van der Waals surface area (Å²) in [5, 5.41) is 6.58. The third-order valence-corrected chi connectivity index (χ3v) is 4.69. The van der Waals surface area contributed by atoms with Gasteiger partial charge in [-0.1, -0.05) is 0 Å². The zero-order valence-corrected chi connectivity index (χ0v) is 15.7. The van der Waals surface area contributed by atoms with E-state index >= 15 is 0 Å². The normalized spacial score (nSPS) is 20.9. The van der Waals surface area contributed by atoms with Crippen molar-refractivity contribution in [2.75, 3.05) is 23.3 Å². The molecule has 128 valence electrons. The van der Waals surface area contributed by atoms with Crippen LogP contribution in [0.1, 0.15) is 13.8 Å². The Morgan fingerprint density at radius 3 is 2.88 bits per heavy atom. The van der Waals surface area contributed by atoms with Crippen LogP contribution in [0.25, 0.3) is 0 Å². The molecule has 3 heterocycles. The Morgan fingerprint density at radius 2 is 2.17 bits per heavy atom. The van der Waals surface area contributed by atoms with Crippen LogP contribution in [0, 0.1) is 0 Å².